The number of carbonyl (C=O) groups excluding carboxylic acids is 1. The molecule has 1 amide bonds. The predicted octanol–water partition coefficient (Wildman–Crippen LogP) is 5.20. The average Bonchev–Trinajstić information content (AvgIpc) is 2.71. The van der Waals surface area contributed by atoms with Crippen molar-refractivity contribution in [3.8, 4) is 6.07 Å². The quantitative estimate of drug-likeness (QED) is 0.561. The van der Waals surface area contributed by atoms with Gasteiger partial charge in [0.05, 0.1) is 0 Å². The van der Waals surface area contributed by atoms with Gasteiger partial charge < -0.3 is 10.3 Å². The smallest absolute Gasteiger partial charge is 0.266 e. The summed E-state index contributed by atoms with van der Waals surface area (Å²) in [5.41, 5.74) is 5.13. The second-order valence-corrected chi connectivity index (χ2v) is 8.73. The number of amides is 1. The van der Waals surface area contributed by atoms with Crippen molar-refractivity contribution in [2.75, 3.05) is 5.32 Å². The lowest BCUT2D eigenvalue weighted by Crippen LogP contribution is -2.18. The van der Waals surface area contributed by atoms with Gasteiger partial charge in [0.2, 0.25) is 5.91 Å². The van der Waals surface area contributed by atoms with Crippen LogP contribution in [0.1, 0.15) is 39.9 Å². The Labute approximate surface area is 186 Å². The van der Waals surface area contributed by atoms with E-state index in [2.05, 4.69) is 42.3 Å². The molecule has 3 rings (SSSR count). The third-order valence-electron chi connectivity index (χ3n) is 5.22. The van der Waals surface area contributed by atoms with Crippen molar-refractivity contribution in [1.29, 1.82) is 5.26 Å². The molecule has 0 saturated carbocycles. The molecule has 31 heavy (non-hydrogen) atoms. The predicted molar refractivity (Wildman–Crippen MR) is 125 cm³/mol. The lowest BCUT2D eigenvalue weighted by molar-refractivity contribution is -0.116. The zero-order valence-corrected chi connectivity index (χ0v) is 18.9. The molecular weight excluding hydrogens is 406 g/mol. The van der Waals surface area contributed by atoms with Crippen LogP contribution in [0, 0.1) is 39.0 Å². The van der Waals surface area contributed by atoms with E-state index in [1.54, 1.807) is 25.6 Å². The second kappa shape index (κ2) is 9.67. The van der Waals surface area contributed by atoms with Crippen molar-refractivity contribution in [2.24, 2.45) is 0 Å². The van der Waals surface area contributed by atoms with Crippen molar-refractivity contribution in [3.05, 3.63) is 86.3 Å². The maximum absolute atomic E-state index is 12.4. The molecule has 1 aromatic heterocycles. The van der Waals surface area contributed by atoms with Crippen molar-refractivity contribution in [3.63, 3.8) is 0 Å². The van der Waals surface area contributed by atoms with Crippen LogP contribution in [0.25, 0.3) is 0 Å². The first-order chi connectivity index (χ1) is 14.8. The Balaban J connectivity index is 1.62. The first kappa shape index (κ1) is 22.4. The van der Waals surface area contributed by atoms with Crippen LogP contribution in [0.5, 0.6) is 0 Å². The number of anilines is 1. The van der Waals surface area contributed by atoms with Crippen LogP contribution in [-0.4, -0.2) is 10.9 Å². The number of aromatic amines is 1. The first-order valence-electron chi connectivity index (χ1n) is 10.1. The maximum Gasteiger partial charge on any atom is 0.266 e. The van der Waals surface area contributed by atoms with Gasteiger partial charge in [0, 0.05) is 27.6 Å². The summed E-state index contributed by atoms with van der Waals surface area (Å²) in [5.74, 6) is -0.113. The fourth-order valence-corrected chi connectivity index (χ4v) is 4.41. The summed E-state index contributed by atoms with van der Waals surface area (Å²) in [5, 5.41) is 12.1. The van der Waals surface area contributed by atoms with Gasteiger partial charge in [-0.3, -0.25) is 9.59 Å². The molecule has 5 nitrogen and oxygen atoms in total. The maximum atomic E-state index is 12.4. The zero-order chi connectivity index (χ0) is 22.5. The number of carbonyl (C=O) groups is 1. The van der Waals surface area contributed by atoms with Gasteiger partial charge in [0.25, 0.3) is 5.56 Å². The third-order valence-corrected chi connectivity index (χ3v) is 6.40. The number of nitrogens with one attached hydrogen (secondary N) is 2. The van der Waals surface area contributed by atoms with Crippen LogP contribution in [0.4, 0.5) is 5.69 Å². The van der Waals surface area contributed by atoms with Gasteiger partial charge >= 0.3 is 0 Å². The Morgan fingerprint density at radius 3 is 2.45 bits per heavy atom. The number of nitriles is 1. The zero-order valence-electron chi connectivity index (χ0n) is 18.1. The van der Waals surface area contributed by atoms with Crippen LogP contribution in [0.2, 0.25) is 0 Å². The van der Waals surface area contributed by atoms with E-state index < -0.39 is 0 Å². The highest BCUT2D eigenvalue weighted by Gasteiger charge is 2.13. The molecule has 2 N–H and O–H groups in total. The lowest BCUT2D eigenvalue weighted by Gasteiger charge is -2.11. The van der Waals surface area contributed by atoms with Gasteiger partial charge in [-0.2, -0.15) is 5.26 Å². The number of aryl methyl sites for hydroxylation is 3. The summed E-state index contributed by atoms with van der Waals surface area (Å²) < 4.78 is 0. The lowest BCUT2D eigenvalue weighted by atomic mass is 9.99. The summed E-state index contributed by atoms with van der Waals surface area (Å²) in [4.78, 5) is 29.3. The highest BCUT2D eigenvalue weighted by Crippen LogP contribution is 2.31. The number of H-pyrrole nitrogens is 1. The van der Waals surface area contributed by atoms with Gasteiger partial charge in [-0.1, -0.05) is 29.5 Å². The van der Waals surface area contributed by atoms with E-state index in [9.17, 15) is 14.9 Å². The number of hydrogen-bond acceptors (Lipinski definition) is 4. The molecule has 0 atom stereocenters. The number of rotatable bonds is 6. The standard InChI is InChI=1S/C25H25N3O2S/c1-15-5-11-23(16(2)13-15)31-20-8-6-19(7-9-20)28-24(29)12-10-21-17(3)22(14-26)25(30)27-18(21)4/h5-9,11,13H,10,12H2,1-4H3,(H,27,30)(H,28,29). The van der Waals surface area contributed by atoms with Gasteiger partial charge in [0.15, 0.2) is 0 Å². The third kappa shape index (κ3) is 5.44. The van der Waals surface area contributed by atoms with E-state index in [4.69, 9.17) is 0 Å². The Morgan fingerprint density at radius 2 is 1.81 bits per heavy atom. The molecule has 158 valence electrons. The Morgan fingerprint density at radius 1 is 1.10 bits per heavy atom. The highest BCUT2D eigenvalue weighted by atomic mass is 32.2. The number of benzene rings is 2. The normalized spacial score (nSPS) is 10.5. The van der Waals surface area contributed by atoms with Crippen LogP contribution < -0.4 is 10.9 Å². The van der Waals surface area contributed by atoms with Crippen molar-refractivity contribution >= 4 is 23.4 Å². The summed E-state index contributed by atoms with van der Waals surface area (Å²) in [6, 6.07) is 16.1. The topological polar surface area (TPSA) is 85.8 Å². The molecule has 0 spiro atoms. The van der Waals surface area contributed by atoms with E-state index in [1.165, 1.54) is 16.0 Å². The van der Waals surface area contributed by atoms with Crippen molar-refractivity contribution in [1.82, 2.24) is 4.98 Å². The van der Waals surface area contributed by atoms with Crippen LogP contribution in [0.15, 0.2) is 57.1 Å². The van der Waals surface area contributed by atoms with Crippen molar-refractivity contribution < 1.29 is 4.79 Å². The molecule has 0 saturated heterocycles. The SMILES string of the molecule is Cc1ccc(Sc2ccc(NC(=O)CCc3c(C)[nH]c(=O)c(C#N)c3C)cc2)c(C)c1. The highest BCUT2D eigenvalue weighted by molar-refractivity contribution is 7.99. The van der Waals surface area contributed by atoms with Gasteiger partial charge in [-0.15, -0.1) is 0 Å². The Hall–Kier alpha value is -3.30. The molecular formula is C25H25N3O2S. The van der Waals surface area contributed by atoms with E-state index >= 15 is 0 Å². The summed E-state index contributed by atoms with van der Waals surface area (Å²) in [6.07, 6.45) is 0.716. The van der Waals surface area contributed by atoms with Gasteiger partial charge in [-0.05, 0) is 81.1 Å². The van der Waals surface area contributed by atoms with Crippen LogP contribution in [0.3, 0.4) is 0 Å². The molecule has 2 aromatic carbocycles. The molecule has 0 aliphatic carbocycles. The molecule has 0 aliphatic rings. The molecule has 0 radical (unpaired) electrons. The van der Waals surface area contributed by atoms with Crippen LogP contribution in [-0.2, 0) is 11.2 Å². The summed E-state index contributed by atoms with van der Waals surface area (Å²) in [6.45, 7) is 7.73. The van der Waals surface area contributed by atoms with E-state index in [1.807, 2.05) is 30.3 Å². The van der Waals surface area contributed by atoms with Gasteiger partial charge in [-0.25, -0.2) is 0 Å². The average molecular weight is 432 g/mol. The van der Waals surface area contributed by atoms with Gasteiger partial charge in [0.1, 0.15) is 11.6 Å². The summed E-state index contributed by atoms with van der Waals surface area (Å²) >= 11 is 1.70. The first-order valence-corrected chi connectivity index (χ1v) is 10.9. The minimum absolute atomic E-state index is 0.109. The number of pyridine rings is 1. The fraction of sp³-hybridized carbons (Fsp3) is 0.240. The molecule has 0 unspecified atom stereocenters. The molecule has 6 heteroatoms. The van der Waals surface area contributed by atoms with E-state index in [0.717, 1.165) is 16.1 Å². The van der Waals surface area contributed by atoms with Crippen molar-refractivity contribution in [2.45, 2.75) is 50.3 Å². The number of hydrogen-bond donors (Lipinski definition) is 2. The number of nitrogens with zero attached hydrogens (tertiary/aromatic N) is 1. The molecule has 0 fully saturated rings. The molecule has 0 bridgehead atoms. The number of aromatic nitrogens is 1. The van der Waals surface area contributed by atoms with Crippen LogP contribution >= 0.6 is 11.8 Å². The summed E-state index contributed by atoms with van der Waals surface area (Å²) in [7, 11) is 0. The second-order valence-electron chi connectivity index (χ2n) is 7.61. The molecule has 0 aliphatic heterocycles. The Bertz CT molecular complexity index is 1220. The molecule has 3 aromatic rings. The Kier molecular flexibility index (Phi) is 6.98. The van der Waals surface area contributed by atoms with E-state index in [-0.39, 0.29) is 23.5 Å². The van der Waals surface area contributed by atoms with E-state index in [0.29, 0.717) is 17.7 Å². The minimum Gasteiger partial charge on any atom is -0.326 e. The monoisotopic (exact) mass is 431 g/mol. The largest absolute Gasteiger partial charge is 0.326 e. The molecule has 1 heterocycles. The fourth-order valence-electron chi connectivity index (χ4n) is 3.53. The minimum atomic E-state index is -0.385.